The number of amides is 1. The molecule has 1 aromatic heterocycles. The van der Waals surface area contributed by atoms with Gasteiger partial charge in [-0.25, -0.2) is 0 Å². The van der Waals surface area contributed by atoms with E-state index in [0.717, 1.165) is 0 Å². The van der Waals surface area contributed by atoms with Crippen molar-refractivity contribution in [1.29, 1.82) is 0 Å². The number of aromatic nitrogens is 1. The van der Waals surface area contributed by atoms with E-state index in [2.05, 4.69) is 10.5 Å². The Morgan fingerprint density at radius 3 is 2.79 bits per heavy atom. The highest BCUT2D eigenvalue weighted by Gasteiger charge is 2.25. The topological polar surface area (TPSA) is 81.4 Å². The number of methoxy groups -OCH3 is 1. The van der Waals surface area contributed by atoms with E-state index in [0.29, 0.717) is 34.3 Å². The molecule has 0 aliphatic heterocycles. The molecule has 0 aliphatic carbocycles. The molecule has 0 fully saturated rings. The van der Waals surface area contributed by atoms with Gasteiger partial charge in [0.05, 0.1) is 12.9 Å². The van der Waals surface area contributed by atoms with Crippen molar-refractivity contribution in [1.82, 2.24) is 5.16 Å². The minimum absolute atomic E-state index is 0.174. The van der Waals surface area contributed by atoms with E-state index in [-0.39, 0.29) is 11.7 Å². The third-order valence-electron chi connectivity index (χ3n) is 3.40. The van der Waals surface area contributed by atoms with Crippen LogP contribution in [0.4, 0.5) is 5.82 Å². The lowest BCUT2D eigenvalue weighted by molar-refractivity contribution is -0.115. The van der Waals surface area contributed by atoms with Crippen LogP contribution in [-0.2, 0) is 21.3 Å². The molecule has 2 aromatic rings. The van der Waals surface area contributed by atoms with Crippen molar-refractivity contribution in [3.8, 4) is 5.75 Å². The molecule has 130 valence electrons. The van der Waals surface area contributed by atoms with Gasteiger partial charge in [0.15, 0.2) is 5.82 Å². The number of nitrogens with one attached hydrogen (secondary N) is 1. The molecule has 2 atom stereocenters. The number of rotatable bonds is 7. The van der Waals surface area contributed by atoms with E-state index in [9.17, 15) is 9.00 Å². The number of aryl methyl sites for hydroxylation is 1. The van der Waals surface area contributed by atoms with Gasteiger partial charge in [-0.2, -0.15) is 0 Å². The lowest BCUT2D eigenvalue weighted by Gasteiger charge is -2.15. The van der Waals surface area contributed by atoms with Gasteiger partial charge in [-0.3, -0.25) is 9.00 Å². The molecule has 0 aliphatic rings. The Kier molecular flexibility index (Phi) is 6.39. The van der Waals surface area contributed by atoms with E-state index in [4.69, 9.17) is 20.9 Å². The molecule has 1 aromatic carbocycles. The number of benzene rings is 1. The summed E-state index contributed by atoms with van der Waals surface area (Å²) >= 11 is 5.99. The second-order valence-electron chi connectivity index (χ2n) is 5.19. The molecule has 6 nitrogen and oxygen atoms in total. The number of nitrogens with zero attached hydrogens (tertiary/aromatic N) is 1. The van der Waals surface area contributed by atoms with Crippen LogP contribution in [0.3, 0.4) is 0 Å². The molecule has 1 N–H and O–H groups in total. The molecule has 0 saturated heterocycles. The Morgan fingerprint density at radius 1 is 1.46 bits per heavy atom. The number of ether oxygens (including phenoxy) is 1. The number of hydrogen-bond donors (Lipinski definition) is 1. The molecule has 0 saturated carbocycles. The van der Waals surface area contributed by atoms with Gasteiger partial charge in [-0.15, -0.1) is 0 Å². The van der Waals surface area contributed by atoms with Crippen molar-refractivity contribution in [2.24, 2.45) is 0 Å². The number of carbonyl (C=O) groups excluding carboxylic acids is 1. The molecule has 0 spiro atoms. The fraction of sp³-hybridized carbons (Fsp3) is 0.375. The SMILES string of the molecule is CC[C@@H](C(=O)Nc1cc(C)on1)[S@](=O)Cc1cc(Cl)ccc1OC. The molecule has 1 heterocycles. The Bertz CT molecular complexity index is 747. The van der Waals surface area contributed by atoms with E-state index in [1.54, 1.807) is 31.2 Å². The van der Waals surface area contributed by atoms with Crippen molar-refractivity contribution < 1.29 is 18.3 Å². The fourth-order valence-electron chi connectivity index (χ4n) is 2.24. The molecule has 24 heavy (non-hydrogen) atoms. The predicted octanol–water partition coefficient (Wildman–Crippen LogP) is 3.31. The standard InChI is InChI=1S/C16H19ClN2O4S/c1-4-14(16(20)18-15-7-10(2)23-19-15)24(21)9-11-8-12(17)5-6-13(11)22-3/h5-8,14H,4,9H2,1-3H3,(H,18,19,20)/t14-,24+/m0/s1. The summed E-state index contributed by atoms with van der Waals surface area (Å²) in [4.78, 5) is 12.4. The number of hydrogen-bond acceptors (Lipinski definition) is 5. The summed E-state index contributed by atoms with van der Waals surface area (Å²) in [5.41, 5.74) is 0.701. The van der Waals surface area contributed by atoms with Gasteiger partial charge in [-0.1, -0.05) is 23.7 Å². The Hall–Kier alpha value is -1.86. The van der Waals surface area contributed by atoms with Gasteiger partial charge in [-0.05, 0) is 31.5 Å². The van der Waals surface area contributed by atoms with Crippen LogP contribution in [0.15, 0.2) is 28.8 Å². The molecule has 0 bridgehead atoms. The van der Waals surface area contributed by atoms with Gasteiger partial charge in [0.2, 0.25) is 5.91 Å². The average Bonchev–Trinajstić information content (AvgIpc) is 2.93. The van der Waals surface area contributed by atoms with Gasteiger partial charge in [0, 0.05) is 27.5 Å². The van der Waals surface area contributed by atoms with Gasteiger partial charge < -0.3 is 14.6 Å². The molecule has 8 heteroatoms. The first-order chi connectivity index (χ1) is 11.4. The molecular weight excluding hydrogens is 352 g/mol. The minimum atomic E-state index is -1.43. The van der Waals surface area contributed by atoms with Crippen LogP contribution in [0.25, 0.3) is 0 Å². The number of anilines is 1. The van der Waals surface area contributed by atoms with Crippen LogP contribution >= 0.6 is 11.6 Å². The summed E-state index contributed by atoms with van der Waals surface area (Å²) in [7, 11) is 0.0993. The van der Waals surface area contributed by atoms with Crippen molar-refractivity contribution in [2.75, 3.05) is 12.4 Å². The Morgan fingerprint density at radius 2 is 2.21 bits per heavy atom. The summed E-state index contributed by atoms with van der Waals surface area (Å²) in [6, 6.07) is 6.72. The average molecular weight is 371 g/mol. The van der Waals surface area contributed by atoms with Crippen molar-refractivity contribution in [3.05, 3.63) is 40.6 Å². The summed E-state index contributed by atoms with van der Waals surface area (Å²) in [5.74, 6) is 1.31. The maximum Gasteiger partial charge on any atom is 0.241 e. The van der Waals surface area contributed by atoms with E-state index < -0.39 is 16.0 Å². The van der Waals surface area contributed by atoms with Crippen molar-refractivity contribution in [3.63, 3.8) is 0 Å². The maximum atomic E-state index is 12.7. The highest BCUT2D eigenvalue weighted by molar-refractivity contribution is 7.85. The van der Waals surface area contributed by atoms with Gasteiger partial charge in [0.25, 0.3) is 0 Å². The molecule has 0 radical (unpaired) electrons. The fourth-order valence-corrected chi connectivity index (χ4v) is 3.83. The molecule has 1 amide bonds. The lowest BCUT2D eigenvalue weighted by Crippen LogP contribution is -2.32. The van der Waals surface area contributed by atoms with Crippen LogP contribution in [-0.4, -0.2) is 27.6 Å². The molecule has 0 unspecified atom stereocenters. The number of halogens is 1. The highest BCUT2D eigenvalue weighted by atomic mass is 35.5. The Labute approximate surface area is 148 Å². The van der Waals surface area contributed by atoms with Crippen LogP contribution < -0.4 is 10.1 Å². The van der Waals surface area contributed by atoms with Crippen LogP contribution in [0.2, 0.25) is 5.02 Å². The minimum Gasteiger partial charge on any atom is -0.496 e. The molecule has 2 rings (SSSR count). The largest absolute Gasteiger partial charge is 0.496 e. The van der Waals surface area contributed by atoms with Crippen LogP contribution in [0.1, 0.15) is 24.7 Å². The monoisotopic (exact) mass is 370 g/mol. The van der Waals surface area contributed by atoms with Gasteiger partial charge in [0.1, 0.15) is 16.8 Å². The van der Waals surface area contributed by atoms with E-state index in [1.165, 1.54) is 7.11 Å². The zero-order valence-electron chi connectivity index (χ0n) is 13.7. The number of carbonyl (C=O) groups is 1. The van der Waals surface area contributed by atoms with Crippen molar-refractivity contribution >= 4 is 34.1 Å². The Balaban J connectivity index is 2.11. The predicted molar refractivity (Wildman–Crippen MR) is 93.8 cm³/mol. The zero-order valence-corrected chi connectivity index (χ0v) is 15.2. The van der Waals surface area contributed by atoms with Gasteiger partial charge >= 0.3 is 0 Å². The second kappa shape index (κ2) is 8.30. The third kappa shape index (κ3) is 4.58. The van der Waals surface area contributed by atoms with E-state index in [1.807, 2.05) is 6.92 Å². The summed E-state index contributed by atoms with van der Waals surface area (Å²) in [6.45, 7) is 3.54. The maximum absolute atomic E-state index is 12.7. The third-order valence-corrected chi connectivity index (χ3v) is 5.41. The van der Waals surface area contributed by atoms with E-state index >= 15 is 0 Å². The first kappa shape index (κ1) is 18.5. The zero-order chi connectivity index (χ0) is 17.7. The van der Waals surface area contributed by atoms with Crippen molar-refractivity contribution in [2.45, 2.75) is 31.3 Å². The summed E-state index contributed by atoms with van der Waals surface area (Å²) in [5, 5.41) is 6.19. The summed E-state index contributed by atoms with van der Waals surface area (Å²) < 4.78 is 22.8. The first-order valence-electron chi connectivity index (χ1n) is 7.38. The molecular formula is C16H19ClN2O4S. The first-order valence-corrected chi connectivity index (χ1v) is 9.14. The second-order valence-corrected chi connectivity index (χ2v) is 7.25. The van der Waals surface area contributed by atoms with Crippen LogP contribution in [0.5, 0.6) is 5.75 Å². The quantitative estimate of drug-likeness (QED) is 0.808. The summed E-state index contributed by atoms with van der Waals surface area (Å²) in [6.07, 6.45) is 0.429. The highest BCUT2D eigenvalue weighted by Crippen LogP contribution is 2.25. The van der Waals surface area contributed by atoms with Crippen LogP contribution in [0, 0.1) is 6.92 Å². The lowest BCUT2D eigenvalue weighted by atomic mass is 10.2. The normalized spacial score (nSPS) is 13.3. The smallest absolute Gasteiger partial charge is 0.241 e.